The van der Waals surface area contributed by atoms with E-state index >= 15 is 0 Å². The summed E-state index contributed by atoms with van der Waals surface area (Å²) in [7, 11) is 0. The van der Waals surface area contributed by atoms with Crippen LogP contribution in [-0.2, 0) is 0 Å². The van der Waals surface area contributed by atoms with Crippen molar-refractivity contribution in [3.63, 3.8) is 0 Å². The van der Waals surface area contributed by atoms with Gasteiger partial charge in [0, 0.05) is 36.8 Å². The smallest absolute Gasteiger partial charge is 0.295 e. The molecule has 2 fully saturated rings. The van der Waals surface area contributed by atoms with Crippen LogP contribution in [0.25, 0.3) is 0 Å². The van der Waals surface area contributed by atoms with Crippen molar-refractivity contribution in [2.75, 3.05) is 19.6 Å². The molecule has 0 aliphatic carbocycles. The van der Waals surface area contributed by atoms with Crippen LogP contribution in [0.4, 0.5) is 17.6 Å². The summed E-state index contributed by atoms with van der Waals surface area (Å²) in [6.07, 6.45) is -3.62. The number of rotatable bonds is 3. The van der Waals surface area contributed by atoms with Gasteiger partial charge in [0.25, 0.3) is 0 Å². The first-order valence-corrected chi connectivity index (χ1v) is 8.53. The third kappa shape index (κ3) is 4.38. The predicted molar refractivity (Wildman–Crippen MR) is 84.2 cm³/mol. The normalized spacial score (nSPS) is 32.0. The molecule has 0 N–H and O–H groups in total. The molecule has 0 spiro atoms. The molecule has 0 saturated carbocycles. The van der Waals surface area contributed by atoms with Gasteiger partial charge in [-0.05, 0) is 53.9 Å². The number of hydrogen-bond acceptors (Lipinski definition) is 2. The highest BCUT2D eigenvalue weighted by Gasteiger charge is 2.51. The Morgan fingerprint density at radius 3 is 2.04 bits per heavy atom. The number of hydrogen-bond donors (Lipinski definition) is 0. The van der Waals surface area contributed by atoms with Crippen molar-refractivity contribution in [1.29, 1.82) is 0 Å². The van der Waals surface area contributed by atoms with Gasteiger partial charge in [0.15, 0.2) is 0 Å². The molecule has 6 heteroatoms. The Morgan fingerprint density at radius 1 is 1.00 bits per heavy atom. The molecule has 0 aromatic rings. The van der Waals surface area contributed by atoms with Gasteiger partial charge in [0.2, 0.25) is 0 Å². The maximum Gasteiger partial charge on any atom is 0.393 e. The fourth-order valence-electron chi connectivity index (χ4n) is 4.14. The molecule has 2 rings (SSSR count). The summed E-state index contributed by atoms with van der Waals surface area (Å²) in [5, 5.41) is 0. The molecule has 2 heterocycles. The van der Waals surface area contributed by atoms with Crippen molar-refractivity contribution >= 4 is 0 Å². The second-order valence-corrected chi connectivity index (χ2v) is 8.80. The first-order valence-electron chi connectivity index (χ1n) is 8.53. The monoisotopic (exact) mass is 338 g/mol. The van der Waals surface area contributed by atoms with Crippen LogP contribution >= 0.6 is 0 Å². The molecule has 2 nitrogen and oxygen atoms in total. The van der Waals surface area contributed by atoms with E-state index in [1.54, 1.807) is 0 Å². The van der Waals surface area contributed by atoms with E-state index in [9.17, 15) is 17.6 Å². The summed E-state index contributed by atoms with van der Waals surface area (Å²) in [6, 6.07) is -0.115. The van der Waals surface area contributed by atoms with E-state index in [2.05, 4.69) is 4.90 Å². The highest BCUT2D eigenvalue weighted by molar-refractivity contribution is 4.99. The van der Waals surface area contributed by atoms with Crippen molar-refractivity contribution in [1.82, 2.24) is 9.80 Å². The molecule has 0 radical (unpaired) electrons. The van der Waals surface area contributed by atoms with Crippen molar-refractivity contribution in [2.24, 2.45) is 5.92 Å². The average Bonchev–Trinajstić information content (AvgIpc) is 2.93. The molecule has 3 atom stereocenters. The zero-order valence-corrected chi connectivity index (χ0v) is 14.9. The lowest BCUT2D eigenvalue weighted by Crippen LogP contribution is -2.51. The highest BCUT2D eigenvalue weighted by atomic mass is 19.4. The topological polar surface area (TPSA) is 6.48 Å². The number of alkyl halides is 4. The minimum atomic E-state index is -4.14. The van der Waals surface area contributed by atoms with Gasteiger partial charge in [-0.15, -0.1) is 0 Å². The molecular formula is C17H30F4N2. The van der Waals surface area contributed by atoms with Gasteiger partial charge in [-0.2, -0.15) is 13.2 Å². The van der Waals surface area contributed by atoms with Crippen molar-refractivity contribution in [3.8, 4) is 0 Å². The number of nitrogens with zero attached hydrogens (tertiary/aromatic N) is 2. The Hall–Kier alpha value is -0.360. The molecule has 2 unspecified atom stereocenters. The van der Waals surface area contributed by atoms with Crippen LogP contribution in [0.2, 0.25) is 0 Å². The summed E-state index contributed by atoms with van der Waals surface area (Å²) in [4.78, 5) is 4.09. The zero-order chi connectivity index (χ0) is 17.6. The van der Waals surface area contributed by atoms with E-state index < -0.39 is 18.3 Å². The molecule has 136 valence electrons. The Labute approximate surface area is 137 Å². The summed E-state index contributed by atoms with van der Waals surface area (Å²) >= 11 is 0. The predicted octanol–water partition coefficient (Wildman–Crippen LogP) is 4.25. The lowest BCUT2D eigenvalue weighted by molar-refractivity contribution is -0.171. The number of likely N-dealkylation sites (tertiary alicyclic amines) is 2. The van der Waals surface area contributed by atoms with Crippen molar-refractivity contribution < 1.29 is 17.6 Å². The van der Waals surface area contributed by atoms with Gasteiger partial charge in [0.05, 0.1) is 5.92 Å². The van der Waals surface area contributed by atoms with Gasteiger partial charge in [-0.3, -0.25) is 9.80 Å². The van der Waals surface area contributed by atoms with Gasteiger partial charge >= 0.3 is 6.18 Å². The van der Waals surface area contributed by atoms with Crippen molar-refractivity contribution in [3.05, 3.63) is 0 Å². The molecule has 23 heavy (non-hydrogen) atoms. The lowest BCUT2D eigenvalue weighted by atomic mass is 9.89. The first kappa shape index (κ1) is 19.0. The quantitative estimate of drug-likeness (QED) is 0.710. The minimum Gasteiger partial charge on any atom is -0.295 e. The average molecular weight is 338 g/mol. The second-order valence-electron chi connectivity index (χ2n) is 8.80. The van der Waals surface area contributed by atoms with Gasteiger partial charge < -0.3 is 0 Å². The van der Waals surface area contributed by atoms with E-state index in [-0.39, 0.29) is 30.1 Å². The van der Waals surface area contributed by atoms with E-state index in [4.69, 9.17) is 0 Å². The maximum atomic E-state index is 13.5. The zero-order valence-electron chi connectivity index (χ0n) is 14.9. The van der Waals surface area contributed by atoms with Crippen LogP contribution in [0, 0.1) is 5.92 Å². The fourth-order valence-corrected chi connectivity index (χ4v) is 4.14. The number of halogens is 4. The van der Waals surface area contributed by atoms with Gasteiger partial charge in [0.1, 0.15) is 6.17 Å². The van der Waals surface area contributed by atoms with Crippen molar-refractivity contribution in [2.45, 2.75) is 83.3 Å². The lowest BCUT2D eigenvalue weighted by Gasteiger charge is -2.43. The summed E-state index contributed by atoms with van der Waals surface area (Å²) < 4.78 is 53.1. The molecular weight excluding hydrogens is 308 g/mol. The van der Waals surface area contributed by atoms with E-state index in [0.29, 0.717) is 25.9 Å². The summed E-state index contributed by atoms with van der Waals surface area (Å²) in [5.74, 6) is -1.25. The van der Waals surface area contributed by atoms with Crippen LogP contribution in [0.3, 0.4) is 0 Å². The van der Waals surface area contributed by atoms with E-state index in [0.717, 1.165) is 0 Å². The highest BCUT2D eigenvalue weighted by Crippen LogP contribution is 2.42. The van der Waals surface area contributed by atoms with Gasteiger partial charge in [-0.1, -0.05) is 0 Å². The molecule has 0 amide bonds. The largest absolute Gasteiger partial charge is 0.393 e. The Bertz CT molecular complexity index is 414. The van der Waals surface area contributed by atoms with E-state index in [1.807, 2.05) is 39.5 Å². The van der Waals surface area contributed by atoms with Crippen LogP contribution < -0.4 is 0 Å². The van der Waals surface area contributed by atoms with Crippen LogP contribution in [0.1, 0.15) is 53.9 Å². The summed E-state index contributed by atoms with van der Waals surface area (Å²) in [5.41, 5.74) is -0.579. The first-order chi connectivity index (χ1) is 10.3. The second kappa shape index (κ2) is 6.17. The minimum absolute atomic E-state index is 0.0689. The molecule has 0 aromatic carbocycles. The van der Waals surface area contributed by atoms with Crippen LogP contribution in [0.5, 0.6) is 0 Å². The third-order valence-electron chi connectivity index (χ3n) is 5.46. The van der Waals surface area contributed by atoms with E-state index in [1.165, 1.54) is 0 Å². The Kier molecular flexibility index (Phi) is 5.09. The fraction of sp³-hybridized carbons (Fsp3) is 1.00. The van der Waals surface area contributed by atoms with Crippen LogP contribution in [-0.4, -0.2) is 58.9 Å². The third-order valence-corrected chi connectivity index (χ3v) is 5.46. The SMILES string of the molecule is CC(C)(C)N1CC(C(F)(F)F)CC1CC(C)(C)N1CC[C@@H](F)C1. The standard InChI is InChI=1S/C17H30F4N2/c1-15(2,3)23-10-12(17(19,20)21)8-14(23)9-16(4,5)22-7-6-13(18)11-22/h12-14H,6-11H2,1-5H3/t12?,13-,14?/m1/s1. The summed E-state index contributed by atoms with van der Waals surface area (Å²) in [6.45, 7) is 11.1. The molecule has 0 aromatic heterocycles. The Balaban J connectivity index is 2.12. The van der Waals surface area contributed by atoms with Crippen LogP contribution in [0.15, 0.2) is 0 Å². The molecule has 2 saturated heterocycles. The maximum absolute atomic E-state index is 13.5. The molecule has 0 bridgehead atoms. The molecule has 2 aliphatic rings. The van der Waals surface area contributed by atoms with Gasteiger partial charge in [-0.25, -0.2) is 4.39 Å². The molecule has 2 aliphatic heterocycles. The Morgan fingerprint density at radius 2 is 1.61 bits per heavy atom.